The van der Waals surface area contributed by atoms with E-state index in [1.807, 2.05) is 0 Å². The van der Waals surface area contributed by atoms with Gasteiger partial charge < -0.3 is 0 Å². The molecule has 2 heteroatoms. The van der Waals surface area contributed by atoms with Crippen LogP contribution in [0.1, 0.15) is 65.4 Å². The maximum absolute atomic E-state index is 12.9. The van der Waals surface area contributed by atoms with E-state index in [1.165, 1.54) is 18.4 Å². The molecule has 3 atom stereocenters. The van der Waals surface area contributed by atoms with Crippen molar-refractivity contribution in [1.82, 2.24) is 4.90 Å². The number of ketones is 1. The van der Waals surface area contributed by atoms with Crippen molar-refractivity contribution in [2.75, 3.05) is 0 Å². The molecular formula is C21H31NO. The van der Waals surface area contributed by atoms with E-state index in [-0.39, 0.29) is 10.8 Å². The van der Waals surface area contributed by atoms with Crippen molar-refractivity contribution in [2.24, 2.45) is 10.8 Å². The van der Waals surface area contributed by atoms with Gasteiger partial charge in [-0.2, -0.15) is 0 Å². The lowest BCUT2D eigenvalue weighted by Gasteiger charge is -2.38. The standard InChI is InChI=1S/C21H31NO/c1-20(2,3)18-14-21(4)17(12-8-9-13-19(21)23)22(18)15-16-10-6-5-7-11-16/h5-7,10-11,17-18H,8-9,12-15H2,1-4H3/t17-,18-,21-/m0/s1. The number of benzene rings is 1. The van der Waals surface area contributed by atoms with Crippen LogP contribution in [0.2, 0.25) is 0 Å². The molecule has 0 aromatic heterocycles. The van der Waals surface area contributed by atoms with Gasteiger partial charge in [-0.3, -0.25) is 9.69 Å². The number of hydrogen-bond acceptors (Lipinski definition) is 2. The summed E-state index contributed by atoms with van der Waals surface area (Å²) >= 11 is 0. The van der Waals surface area contributed by atoms with Gasteiger partial charge in [0.05, 0.1) is 0 Å². The molecule has 1 aromatic carbocycles. The fourth-order valence-corrected chi connectivity index (χ4v) is 4.75. The van der Waals surface area contributed by atoms with Crippen LogP contribution in [0, 0.1) is 10.8 Å². The molecule has 2 fully saturated rings. The Morgan fingerprint density at radius 2 is 1.87 bits per heavy atom. The van der Waals surface area contributed by atoms with Gasteiger partial charge in [-0.25, -0.2) is 0 Å². The third-order valence-electron chi connectivity index (χ3n) is 6.13. The van der Waals surface area contributed by atoms with Gasteiger partial charge in [-0.05, 0) is 30.2 Å². The average Bonchev–Trinajstić information content (AvgIpc) is 2.70. The summed E-state index contributed by atoms with van der Waals surface area (Å²) in [5.74, 6) is 0.504. The van der Waals surface area contributed by atoms with Crippen LogP contribution < -0.4 is 0 Å². The van der Waals surface area contributed by atoms with Crippen molar-refractivity contribution in [3.63, 3.8) is 0 Å². The summed E-state index contributed by atoms with van der Waals surface area (Å²) in [5.41, 5.74) is 1.41. The number of fused-ring (bicyclic) bond motifs is 1. The fourth-order valence-electron chi connectivity index (χ4n) is 4.75. The molecule has 2 nitrogen and oxygen atoms in total. The van der Waals surface area contributed by atoms with Gasteiger partial charge in [0.2, 0.25) is 0 Å². The Kier molecular flexibility index (Phi) is 4.39. The number of rotatable bonds is 2. The second-order valence-corrected chi connectivity index (χ2v) is 8.85. The fraction of sp³-hybridized carbons (Fsp3) is 0.667. The van der Waals surface area contributed by atoms with E-state index >= 15 is 0 Å². The number of hydrogen-bond donors (Lipinski definition) is 0. The smallest absolute Gasteiger partial charge is 0.140 e. The largest absolute Gasteiger partial charge is 0.299 e. The van der Waals surface area contributed by atoms with Crippen LogP contribution in [-0.4, -0.2) is 22.8 Å². The van der Waals surface area contributed by atoms with Gasteiger partial charge >= 0.3 is 0 Å². The summed E-state index contributed by atoms with van der Waals surface area (Å²) in [7, 11) is 0. The zero-order valence-corrected chi connectivity index (χ0v) is 15.1. The number of carbonyl (C=O) groups excluding carboxylic acids is 1. The average molecular weight is 313 g/mol. The second kappa shape index (κ2) is 6.05. The summed E-state index contributed by atoms with van der Waals surface area (Å²) < 4.78 is 0. The minimum absolute atomic E-state index is 0.150. The molecule has 0 unspecified atom stereocenters. The van der Waals surface area contributed by atoms with Crippen LogP contribution >= 0.6 is 0 Å². The molecule has 0 amide bonds. The minimum Gasteiger partial charge on any atom is -0.299 e. The zero-order valence-electron chi connectivity index (χ0n) is 15.1. The Balaban J connectivity index is 1.96. The first-order chi connectivity index (χ1) is 10.8. The molecular weight excluding hydrogens is 282 g/mol. The summed E-state index contributed by atoms with van der Waals surface area (Å²) in [6.07, 6.45) is 5.23. The predicted molar refractivity (Wildman–Crippen MR) is 95.2 cm³/mol. The van der Waals surface area contributed by atoms with Gasteiger partial charge in [-0.15, -0.1) is 0 Å². The summed E-state index contributed by atoms with van der Waals surface area (Å²) in [5, 5.41) is 0. The number of carbonyl (C=O) groups is 1. The number of likely N-dealkylation sites (tertiary alicyclic amines) is 1. The van der Waals surface area contributed by atoms with Crippen molar-refractivity contribution >= 4 is 5.78 Å². The van der Waals surface area contributed by atoms with Crippen LogP contribution in [0.3, 0.4) is 0 Å². The maximum atomic E-state index is 12.9. The highest BCUT2D eigenvalue weighted by Gasteiger charge is 2.55. The lowest BCUT2D eigenvalue weighted by atomic mass is 9.74. The van der Waals surface area contributed by atoms with E-state index in [0.29, 0.717) is 17.9 Å². The second-order valence-electron chi connectivity index (χ2n) is 8.85. The van der Waals surface area contributed by atoms with E-state index in [0.717, 1.165) is 25.8 Å². The third-order valence-corrected chi connectivity index (χ3v) is 6.13. The first-order valence-corrected chi connectivity index (χ1v) is 9.15. The lowest BCUT2D eigenvalue weighted by Crippen LogP contribution is -2.45. The normalized spacial score (nSPS) is 32.6. The van der Waals surface area contributed by atoms with Crippen molar-refractivity contribution in [1.29, 1.82) is 0 Å². The van der Waals surface area contributed by atoms with Crippen molar-refractivity contribution in [3.05, 3.63) is 35.9 Å². The van der Waals surface area contributed by atoms with Gasteiger partial charge in [0, 0.05) is 30.5 Å². The Hall–Kier alpha value is -1.15. The van der Waals surface area contributed by atoms with Crippen LogP contribution in [0.4, 0.5) is 0 Å². The molecule has 126 valence electrons. The third kappa shape index (κ3) is 3.10. The molecule has 2 aliphatic rings. The molecule has 1 saturated carbocycles. The zero-order chi connectivity index (χ0) is 16.7. The molecule has 1 aliphatic heterocycles. The predicted octanol–water partition coefficient (Wildman–Crippen LogP) is 4.83. The summed E-state index contributed by atoms with van der Waals surface area (Å²) in [4.78, 5) is 15.5. The highest BCUT2D eigenvalue weighted by molar-refractivity contribution is 5.86. The van der Waals surface area contributed by atoms with E-state index in [2.05, 4.69) is 62.9 Å². The van der Waals surface area contributed by atoms with Crippen molar-refractivity contribution in [3.8, 4) is 0 Å². The first kappa shape index (κ1) is 16.7. The molecule has 0 bridgehead atoms. The van der Waals surface area contributed by atoms with Crippen molar-refractivity contribution in [2.45, 2.75) is 78.4 Å². The molecule has 0 N–H and O–H groups in total. The highest BCUT2D eigenvalue weighted by atomic mass is 16.1. The summed E-state index contributed by atoms with van der Waals surface area (Å²) in [6.45, 7) is 10.2. The molecule has 0 radical (unpaired) electrons. The van der Waals surface area contributed by atoms with Gasteiger partial charge in [-0.1, -0.05) is 64.4 Å². The topological polar surface area (TPSA) is 20.3 Å². The first-order valence-electron chi connectivity index (χ1n) is 9.15. The van der Waals surface area contributed by atoms with Gasteiger partial charge in [0.25, 0.3) is 0 Å². The molecule has 23 heavy (non-hydrogen) atoms. The Morgan fingerprint density at radius 3 is 2.52 bits per heavy atom. The highest BCUT2D eigenvalue weighted by Crippen LogP contribution is 2.51. The minimum atomic E-state index is -0.150. The molecule has 1 aromatic rings. The molecule has 0 spiro atoms. The lowest BCUT2D eigenvalue weighted by molar-refractivity contribution is -0.128. The Morgan fingerprint density at radius 1 is 1.17 bits per heavy atom. The van der Waals surface area contributed by atoms with Crippen LogP contribution in [0.5, 0.6) is 0 Å². The van der Waals surface area contributed by atoms with E-state index in [1.54, 1.807) is 0 Å². The number of nitrogens with zero attached hydrogens (tertiary/aromatic N) is 1. The van der Waals surface area contributed by atoms with E-state index in [4.69, 9.17) is 0 Å². The van der Waals surface area contributed by atoms with Crippen molar-refractivity contribution < 1.29 is 4.79 Å². The summed E-state index contributed by atoms with van der Waals surface area (Å²) in [6, 6.07) is 11.6. The monoisotopic (exact) mass is 313 g/mol. The van der Waals surface area contributed by atoms with Crippen LogP contribution in [-0.2, 0) is 11.3 Å². The Bertz CT molecular complexity index is 559. The molecule has 3 rings (SSSR count). The van der Waals surface area contributed by atoms with Crippen LogP contribution in [0.15, 0.2) is 30.3 Å². The van der Waals surface area contributed by atoms with E-state index < -0.39 is 0 Å². The Labute approximate surface area is 141 Å². The SMILES string of the molecule is CC(C)(C)[C@@H]1C[C@]2(C)C(=O)CCCC[C@@H]2N1Cc1ccccc1. The van der Waals surface area contributed by atoms with Gasteiger partial charge in [0.15, 0.2) is 0 Å². The molecule has 1 heterocycles. The molecule has 1 aliphatic carbocycles. The molecule has 1 saturated heterocycles. The van der Waals surface area contributed by atoms with Crippen LogP contribution in [0.25, 0.3) is 0 Å². The number of Topliss-reactive ketones (excluding diaryl/α,β-unsaturated/α-hetero) is 1. The maximum Gasteiger partial charge on any atom is 0.140 e. The van der Waals surface area contributed by atoms with E-state index in [9.17, 15) is 4.79 Å². The van der Waals surface area contributed by atoms with Gasteiger partial charge in [0.1, 0.15) is 5.78 Å². The quantitative estimate of drug-likeness (QED) is 0.780.